The number of carbonyl (C=O) groups excluding carboxylic acids is 1. The number of hydrogen-bond donors (Lipinski definition) is 1. The van der Waals surface area contributed by atoms with Gasteiger partial charge in [-0.15, -0.1) is 6.58 Å². The SMILES string of the molecule is C=CCNC(=O)CN1CCN(Cn2c(=S)n(C(F)F)c3ccccc32)CC1. The van der Waals surface area contributed by atoms with Crippen molar-refractivity contribution in [3.63, 3.8) is 0 Å². The predicted octanol–water partition coefficient (Wildman–Crippen LogP) is 2.44. The van der Waals surface area contributed by atoms with Gasteiger partial charge in [0.15, 0.2) is 4.77 Å². The number of imidazole rings is 1. The minimum Gasteiger partial charge on any atom is -0.352 e. The number of aromatic nitrogens is 2. The number of amides is 1. The van der Waals surface area contributed by atoms with Gasteiger partial charge < -0.3 is 9.88 Å². The minimum absolute atomic E-state index is 0.0226. The second-order valence-electron chi connectivity index (χ2n) is 6.48. The lowest BCUT2D eigenvalue weighted by atomic mass is 10.3. The molecular formula is C18H23F2N5OS. The number of alkyl halides is 2. The van der Waals surface area contributed by atoms with Crippen LogP contribution in [-0.2, 0) is 11.5 Å². The van der Waals surface area contributed by atoms with Gasteiger partial charge in [0.05, 0.1) is 24.2 Å². The molecule has 27 heavy (non-hydrogen) atoms. The molecule has 9 heteroatoms. The Balaban J connectivity index is 1.66. The lowest BCUT2D eigenvalue weighted by Crippen LogP contribution is -2.49. The van der Waals surface area contributed by atoms with Crippen LogP contribution in [0.3, 0.4) is 0 Å². The molecule has 1 aliphatic heterocycles. The van der Waals surface area contributed by atoms with Gasteiger partial charge in [0, 0.05) is 32.7 Å². The number of halogens is 2. The summed E-state index contributed by atoms with van der Waals surface area (Å²) in [6.07, 6.45) is 1.65. The van der Waals surface area contributed by atoms with Crippen molar-refractivity contribution in [1.82, 2.24) is 24.3 Å². The van der Waals surface area contributed by atoms with Gasteiger partial charge in [0.1, 0.15) is 0 Å². The van der Waals surface area contributed by atoms with Crippen molar-refractivity contribution < 1.29 is 13.6 Å². The smallest absolute Gasteiger partial charge is 0.321 e. The van der Waals surface area contributed by atoms with Crippen LogP contribution < -0.4 is 5.32 Å². The molecule has 0 unspecified atom stereocenters. The number of piperazine rings is 1. The quantitative estimate of drug-likeness (QED) is 0.578. The van der Waals surface area contributed by atoms with Gasteiger partial charge in [-0.2, -0.15) is 8.78 Å². The molecule has 1 amide bonds. The highest BCUT2D eigenvalue weighted by Gasteiger charge is 2.22. The summed E-state index contributed by atoms with van der Waals surface area (Å²) >= 11 is 5.31. The zero-order valence-electron chi connectivity index (χ0n) is 15.0. The van der Waals surface area contributed by atoms with E-state index < -0.39 is 6.55 Å². The highest BCUT2D eigenvalue weighted by atomic mass is 32.1. The second-order valence-corrected chi connectivity index (χ2v) is 6.84. The minimum atomic E-state index is -2.67. The third-order valence-corrected chi connectivity index (χ3v) is 5.10. The first-order valence-corrected chi connectivity index (χ1v) is 9.22. The summed E-state index contributed by atoms with van der Waals surface area (Å²) in [6, 6.07) is 7.03. The van der Waals surface area contributed by atoms with E-state index in [1.54, 1.807) is 22.8 Å². The number of hydrogen-bond acceptors (Lipinski definition) is 4. The second kappa shape index (κ2) is 8.73. The molecule has 6 nitrogen and oxygen atoms in total. The first-order chi connectivity index (χ1) is 13.0. The molecular weight excluding hydrogens is 372 g/mol. The molecule has 1 N–H and O–H groups in total. The predicted molar refractivity (Wildman–Crippen MR) is 103 cm³/mol. The molecule has 0 radical (unpaired) electrons. The van der Waals surface area contributed by atoms with Crippen molar-refractivity contribution >= 4 is 29.2 Å². The van der Waals surface area contributed by atoms with Crippen molar-refractivity contribution in [2.45, 2.75) is 13.2 Å². The van der Waals surface area contributed by atoms with Crippen LogP contribution >= 0.6 is 12.2 Å². The maximum atomic E-state index is 13.4. The van der Waals surface area contributed by atoms with Crippen molar-refractivity contribution in [2.24, 2.45) is 0 Å². The fourth-order valence-corrected chi connectivity index (χ4v) is 3.63. The molecule has 1 saturated heterocycles. The maximum Gasteiger partial charge on any atom is 0.321 e. The van der Waals surface area contributed by atoms with Crippen LogP contribution in [0.2, 0.25) is 0 Å². The summed E-state index contributed by atoms with van der Waals surface area (Å²) in [7, 11) is 0. The Kier molecular flexibility index (Phi) is 6.35. The number of nitrogens with one attached hydrogen (secondary N) is 1. The molecule has 2 aromatic rings. The third-order valence-electron chi connectivity index (χ3n) is 4.68. The first kappa shape index (κ1) is 19.7. The molecule has 0 bridgehead atoms. The Bertz CT molecular complexity index is 870. The van der Waals surface area contributed by atoms with E-state index in [4.69, 9.17) is 12.2 Å². The third kappa shape index (κ3) is 4.42. The fourth-order valence-electron chi connectivity index (χ4n) is 3.29. The van der Waals surface area contributed by atoms with E-state index in [-0.39, 0.29) is 10.7 Å². The average Bonchev–Trinajstić information content (AvgIpc) is 2.93. The van der Waals surface area contributed by atoms with Gasteiger partial charge in [-0.3, -0.25) is 19.2 Å². The van der Waals surface area contributed by atoms with E-state index in [2.05, 4.69) is 21.7 Å². The van der Waals surface area contributed by atoms with Gasteiger partial charge in [-0.1, -0.05) is 18.2 Å². The number of nitrogens with zero attached hydrogens (tertiary/aromatic N) is 4. The largest absolute Gasteiger partial charge is 0.352 e. The summed E-state index contributed by atoms with van der Waals surface area (Å²) in [5.74, 6) is -0.0226. The molecule has 0 saturated carbocycles. The normalized spacial score (nSPS) is 16.1. The van der Waals surface area contributed by atoms with Gasteiger partial charge in [0.2, 0.25) is 5.91 Å². The van der Waals surface area contributed by atoms with E-state index >= 15 is 0 Å². The summed E-state index contributed by atoms with van der Waals surface area (Å²) in [5.41, 5.74) is 1.14. The number of fused-ring (bicyclic) bond motifs is 1. The van der Waals surface area contributed by atoms with Crippen molar-refractivity contribution in [2.75, 3.05) is 39.3 Å². The molecule has 2 heterocycles. The highest BCUT2D eigenvalue weighted by Crippen LogP contribution is 2.24. The topological polar surface area (TPSA) is 45.4 Å². The van der Waals surface area contributed by atoms with Crippen LogP contribution in [0.15, 0.2) is 36.9 Å². The molecule has 0 atom stereocenters. The average molecular weight is 395 g/mol. The van der Waals surface area contributed by atoms with Gasteiger partial charge in [-0.25, -0.2) is 0 Å². The van der Waals surface area contributed by atoms with Crippen molar-refractivity contribution in [3.05, 3.63) is 41.7 Å². The molecule has 1 aliphatic rings. The molecule has 146 valence electrons. The van der Waals surface area contributed by atoms with Crippen LogP contribution in [0.4, 0.5) is 8.78 Å². The van der Waals surface area contributed by atoms with E-state index in [0.29, 0.717) is 30.8 Å². The van der Waals surface area contributed by atoms with Crippen LogP contribution in [-0.4, -0.2) is 64.1 Å². The first-order valence-electron chi connectivity index (χ1n) is 8.81. The van der Waals surface area contributed by atoms with Gasteiger partial charge in [-0.05, 0) is 24.4 Å². The van der Waals surface area contributed by atoms with Crippen LogP contribution in [0.25, 0.3) is 11.0 Å². The summed E-state index contributed by atoms with van der Waals surface area (Å²) in [4.78, 5) is 16.0. The van der Waals surface area contributed by atoms with Gasteiger partial charge >= 0.3 is 6.55 Å². The Hall–Kier alpha value is -2.10. The number of carbonyl (C=O) groups is 1. The summed E-state index contributed by atoms with van der Waals surface area (Å²) < 4.78 is 29.6. The number of benzene rings is 1. The Morgan fingerprint density at radius 2 is 1.81 bits per heavy atom. The lowest BCUT2D eigenvalue weighted by molar-refractivity contribution is -0.122. The van der Waals surface area contributed by atoms with E-state index in [1.807, 2.05) is 12.1 Å². The zero-order valence-corrected chi connectivity index (χ0v) is 15.8. The molecule has 0 aliphatic carbocycles. The van der Waals surface area contributed by atoms with E-state index in [0.717, 1.165) is 30.7 Å². The van der Waals surface area contributed by atoms with Crippen LogP contribution in [0.5, 0.6) is 0 Å². The van der Waals surface area contributed by atoms with E-state index in [1.165, 1.54) is 0 Å². The monoisotopic (exact) mass is 395 g/mol. The fraction of sp³-hybridized carbons (Fsp3) is 0.444. The molecule has 1 fully saturated rings. The Morgan fingerprint density at radius 3 is 2.44 bits per heavy atom. The Labute approximate surface area is 161 Å². The van der Waals surface area contributed by atoms with Crippen molar-refractivity contribution in [1.29, 1.82) is 0 Å². The number of para-hydroxylation sites is 2. The molecule has 1 aromatic heterocycles. The van der Waals surface area contributed by atoms with E-state index in [9.17, 15) is 13.6 Å². The lowest BCUT2D eigenvalue weighted by Gasteiger charge is -2.34. The van der Waals surface area contributed by atoms with Crippen LogP contribution in [0.1, 0.15) is 6.55 Å². The highest BCUT2D eigenvalue weighted by molar-refractivity contribution is 7.71. The van der Waals surface area contributed by atoms with Gasteiger partial charge in [0.25, 0.3) is 0 Å². The maximum absolute atomic E-state index is 13.4. The molecule has 3 rings (SSSR count). The zero-order chi connectivity index (χ0) is 19.4. The number of rotatable bonds is 7. The molecule has 1 aromatic carbocycles. The molecule has 0 spiro atoms. The summed E-state index contributed by atoms with van der Waals surface area (Å²) in [6.45, 7) is 5.13. The summed E-state index contributed by atoms with van der Waals surface area (Å²) in [5, 5.41) is 2.77. The Morgan fingerprint density at radius 1 is 1.19 bits per heavy atom. The standard InChI is InChI=1S/C18H23F2N5OS/c1-2-7-21-16(26)12-22-8-10-23(11-9-22)13-24-14-5-3-4-6-15(14)25(17(19)20)18(24)27/h2-6,17H,1,7-13H2,(H,21,26). The van der Waals surface area contributed by atoms with Crippen molar-refractivity contribution in [3.8, 4) is 0 Å². The van der Waals surface area contributed by atoms with Crippen LogP contribution in [0, 0.1) is 4.77 Å².